The van der Waals surface area contributed by atoms with Gasteiger partial charge in [0.15, 0.2) is 17.9 Å². The normalized spacial score (nSPS) is 32.1. The first kappa shape index (κ1) is 26.6. The van der Waals surface area contributed by atoms with Gasteiger partial charge in [0.1, 0.15) is 24.4 Å². The summed E-state index contributed by atoms with van der Waals surface area (Å²) in [6.45, 7) is 16.2. The largest absolute Gasteiger partial charge is 0.372 e. The molecule has 10 nitrogen and oxygen atoms in total. The lowest BCUT2D eigenvalue weighted by atomic mass is 10.1. The number of hydrogen-bond donors (Lipinski definition) is 2. The molecule has 0 aromatic rings. The molecule has 0 saturated carbocycles. The molecular formula is C23H43N3O7. The van der Waals surface area contributed by atoms with Crippen LogP contribution >= 0.6 is 0 Å². The van der Waals surface area contributed by atoms with E-state index >= 15 is 0 Å². The van der Waals surface area contributed by atoms with Crippen LogP contribution in [-0.2, 0) is 28.4 Å². The first-order valence-corrected chi connectivity index (χ1v) is 12.3. The number of unbranched alkanes of at least 4 members (excludes halogenated alkanes) is 1. The van der Waals surface area contributed by atoms with E-state index in [1.54, 1.807) is 4.90 Å². The molecule has 3 saturated heterocycles. The van der Waals surface area contributed by atoms with Crippen molar-refractivity contribution in [2.75, 3.05) is 45.9 Å². The number of nitrogens with zero attached hydrogens (tertiary/aromatic N) is 1. The highest BCUT2D eigenvalue weighted by Gasteiger charge is 2.58. The molecule has 3 heterocycles. The van der Waals surface area contributed by atoms with Crippen LogP contribution in [0.3, 0.4) is 0 Å². The van der Waals surface area contributed by atoms with Crippen molar-refractivity contribution in [1.82, 2.24) is 15.5 Å². The lowest BCUT2D eigenvalue weighted by Crippen LogP contribution is -2.44. The Kier molecular flexibility index (Phi) is 9.36. The third-order valence-corrected chi connectivity index (χ3v) is 6.11. The van der Waals surface area contributed by atoms with Crippen molar-refractivity contribution in [3.05, 3.63) is 0 Å². The monoisotopic (exact) mass is 473 g/mol. The van der Waals surface area contributed by atoms with Crippen molar-refractivity contribution in [2.24, 2.45) is 0 Å². The molecule has 3 aliphatic heterocycles. The second kappa shape index (κ2) is 11.6. The van der Waals surface area contributed by atoms with Crippen LogP contribution in [-0.4, -0.2) is 99.1 Å². The highest BCUT2D eigenvalue weighted by atomic mass is 16.8. The van der Waals surface area contributed by atoms with Gasteiger partial charge in [-0.3, -0.25) is 0 Å². The minimum Gasteiger partial charge on any atom is -0.372 e. The number of fused-ring (bicyclic) bond motifs is 1. The molecule has 2 amide bonds. The van der Waals surface area contributed by atoms with Crippen molar-refractivity contribution in [1.29, 1.82) is 0 Å². The number of nitrogens with one attached hydrogen (secondary N) is 2. The third kappa shape index (κ3) is 7.24. The standard InChI is InChI=1S/C23H43N3O7/c1-7-26(8-2)21(27)25-13-12-24-11-9-10-14-28-18-17(16-15-29-22(3,4)31-16)30-20-19(18)32-23(5,6)33-20/h16-20,24H,7-15H2,1-6H3,(H,25,27). The summed E-state index contributed by atoms with van der Waals surface area (Å²) >= 11 is 0. The van der Waals surface area contributed by atoms with E-state index in [0.29, 0.717) is 19.8 Å². The van der Waals surface area contributed by atoms with Gasteiger partial charge in [-0.25, -0.2) is 4.79 Å². The zero-order valence-corrected chi connectivity index (χ0v) is 21.1. The van der Waals surface area contributed by atoms with Crippen LogP contribution in [0.15, 0.2) is 0 Å². The van der Waals surface area contributed by atoms with E-state index in [4.69, 9.17) is 28.4 Å². The topological polar surface area (TPSA) is 99.8 Å². The summed E-state index contributed by atoms with van der Waals surface area (Å²) in [5, 5.41) is 6.29. The molecule has 5 unspecified atom stereocenters. The van der Waals surface area contributed by atoms with E-state index < -0.39 is 17.9 Å². The number of carbonyl (C=O) groups excluding carboxylic acids is 1. The van der Waals surface area contributed by atoms with Crippen molar-refractivity contribution < 1.29 is 33.2 Å². The van der Waals surface area contributed by atoms with E-state index in [2.05, 4.69) is 10.6 Å². The Morgan fingerprint density at radius 3 is 2.39 bits per heavy atom. The first-order chi connectivity index (χ1) is 15.7. The van der Waals surface area contributed by atoms with Gasteiger partial charge in [-0.1, -0.05) is 0 Å². The molecule has 3 aliphatic rings. The molecule has 3 fully saturated rings. The van der Waals surface area contributed by atoms with E-state index in [-0.39, 0.29) is 30.4 Å². The van der Waals surface area contributed by atoms with Crippen molar-refractivity contribution >= 4 is 6.03 Å². The Labute approximate surface area is 197 Å². The fourth-order valence-corrected chi connectivity index (χ4v) is 4.45. The number of amides is 2. The number of carbonyl (C=O) groups is 1. The van der Waals surface area contributed by atoms with Crippen LogP contribution in [0.1, 0.15) is 54.4 Å². The van der Waals surface area contributed by atoms with Gasteiger partial charge >= 0.3 is 6.03 Å². The zero-order valence-electron chi connectivity index (χ0n) is 21.1. The lowest BCUT2D eigenvalue weighted by molar-refractivity contribution is -0.236. The Bertz CT molecular complexity index is 629. The molecule has 0 aromatic heterocycles. The predicted molar refractivity (Wildman–Crippen MR) is 122 cm³/mol. The van der Waals surface area contributed by atoms with Crippen LogP contribution in [0.25, 0.3) is 0 Å². The summed E-state index contributed by atoms with van der Waals surface area (Å²) < 4.78 is 36.2. The SMILES string of the molecule is CCN(CC)C(=O)NCCNCCCCOC1C(C2COC(C)(C)O2)OC2OC(C)(C)OC21. The summed E-state index contributed by atoms with van der Waals surface area (Å²) in [4.78, 5) is 13.7. The molecule has 5 atom stereocenters. The van der Waals surface area contributed by atoms with Crippen LogP contribution in [0.4, 0.5) is 4.79 Å². The Morgan fingerprint density at radius 1 is 0.970 bits per heavy atom. The van der Waals surface area contributed by atoms with Crippen LogP contribution in [0.5, 0.6) is 0 Å². The molecule has 0 aromatic carbocycles. The van der Waals surface area contributed by atoms with Crippen molar-refractivity contribution in [3.8, 4) is 0 Å². The molecule has 33 heavy (non-hydrogen) atoms. The van der Waals surface area contributed by atoms with Gasteiger partial charge in [0.25, 0.3) is 0 Å². The highest BCUT2D eigenvalue weighted by molar-refractivity contribution is 5.74. The fraction of sp³-hybridized carbons (Fsp3) is 0.957. The second-order valence-electron chi connectivity index (χ2n) is 9.63. The van der Waals surface area contributed by atoms with Gasteiger partial charge in [0, 0.05) is 32.8 Å². The molecule has 10 heteroatoms. The first-order valence-electron chi connectivity index (χ1n) is 12.3. The van der Waals surface area contributed by atoms with Crippen LogP contribution < -0.4 is 10.6 Å². The predicted octanol–water partition coefficient (Wildman–Crippen LogP) is 1.82. The van der Waals surface area contributed by atoms with Gasteiger partial charge in [0.05, 0.1) is 6.61 Å². The molecule has 0 bridgehead atoms. The van der Waals surface area contributed by atoms with Crippen LogP contribution in [0, 0.1) is 0 Å². The molecule has 192 valence electrons. The van der Waals surface area contributed by atoms with E-state index in [0.717, 1.165) is 39.0 Å². The van der Waals surface area contributed by atoms with Gasteiger partial charge in [-0.15, -0.1) is 0 Å². The molecule has 0 spiro atoms. The minimum atomic E-state index is -0.696. The molecule has 2 N–H and O–H groups in total. The summed E-state index contributed by atoms with van der Waals surface area (Å²) in [5.74, 6) is -1.33. The molecule has 3 rings (SSSR count). The average Bonchev–Trinajstić information content (AvgIpc) is 3.36. The van der Waals surface area contributed by atoms with Crippen molar-refractivity contribution in [2.45, 2.75) is 96.7 Å². The molecule has 0 radical (unpaired) electrons. The maximum absolute atomic E-state index is 11.9. The quantitative estimate of drug-likeness (QED) is 0.414. The number of urea groups is 1. The maximum atomic E-state index is 11.9. The van der Waals surface area contributed by atoms with E-state index in [9.17, 15) is 4.79 Å². The van der Waals surface area contributed by atoms with E-state index in [1.807, 2.05) is 41.5 Å². The van der Waals surface area contributed by atoms with Crippen LogP contribution in [0.2, 0.25) is 0 Å². The number of hydrogen-bond acceptors (Lipinski definition) is 8. The van der Waals surface area contributed by atoms with Gasteiger partial charge in [-0.2, -0.15) is 0 Å². The fourth-order valence-electron chi connectivity index (χ4n) is 4.45. The van der Waals surface area contributed by atoms with E-state index in [1.165, 1.54) is 0 Å². The Morgan fingerprint density at radius 2 is 1.73 bits per heavy atom. The summed E-state index contributed by atoms with van der Waals surface area (Å²) in [7, 11) is 0. The molecule has 0 aliphatic carbocycles. The number of rotatable bonds is 12. The smallest absolute Gasteiger partial charge is 0.317 e. The molecular weight excluding hydrogens is 430 g/mol. The van der Waals surface area contributed by atoms with Gasteiger partial charge in [0.2, 0.25) is 0 Å². The maximum Gasteiger partial charge on any atom is 0.317 e. The zero-order chi connectivity index (χ0) is 24.1. The van der Waals surface area contributed by atoms with Crippen molar-refractivity contribution in [3.63, 3.8) is 0 Å². The highest BCUT2D eigenvalue weighted by Crippen LogP contribution is 2.41. The average molecular weight is 474 g/mol. The second-order valence-corrected chi connectivity index (χ2v) is 9.63. The Balaban J connectivity index is 1.35. The summed E-state index contributed by atoms with van der Waals surface area (Å²) in [6.07, 6.45) is 0.319. The summed E-state index contributed by atoms with van der Waals surface area (Å²) in [5.41, 5.74) is 0. The minimum absolute atomic E-state index is 0.0110. The summed E-state index contributed by atoms with van der Waals surface area (Å²) in [6, 6.07) is -0.0110. The number of ether oxygens (including phenoxy) is 6. The van der Waals surface area contributed by atoms with Gasteiger partial charge in [-0.05, 0) is 60.9 Å². The lowest BCUT2D eigenvalue weighted by Gasteiger charge is -2.29. The third-order valence-electron chi connectivity index (χ3n) is 6.11. The van der Waals surface area contributed by atoms with Gasteiger partial charge < -0.3 is 44.0 Å². The Hall–Kier alpha value is -1.01.